The molecule has 0 unspecified atom stereocenters. The molecule has 0 aliphatic rings. The lowest BCUT2D eigenvalue weighted by atomic mass is 10.0. The number of carboxylic acids is 1. The first-order chi connectivity index (χ1) is 9.06. The van der Waals surface area contributed by atoms with Crippen molar-refractivity contribution in [2.45, 2.75) is 32.1 Å². The van der Waals surface area contributed by atoms with Gasteiger partial charge in [0.2, 0.25) is 0 Å². The van der Waals surface area contributed by atoms with Crippen LogP contribution >= 0.6 is 0 Å². The van der Waals surface area contributed by atoms with Gasteiger partial charge in [-0.2, -0.15) is 13.2 Å². The highest BCUT2D eigenvalue weighted by atomic mass is 19.4. The van der Waals surface area contributed by atoms with Gasteiger partial charge in [-0.15, -0.1) is 0 Å². The first-order valence-electron chi connectivity index (χ1n) is 5.73. The number of carbonyl (C=O) groups is 2. The van der Waals surface area contributed by atoms with E-state index in [0.29, 0.717) is 10.5 Å². The monoisotopic (exact) mass is 289 g/mol. The fourth-order valence-electron chi connectivity index (χ4n) is 1.56. The van der Waals surface area contributed by atoms with Crippen LogP contribution in [-0.2, 0) is 16.1 Å². The maximum absolute atomic E-state index is 12.6. The number of halogens is 3. The van der Waals surface area contributed by atoms with Crippen LogP contribution in [0.5, 0.6) is 0 Å². The van der Waals surface area contributed by atoms with Crippen LogP contribution in [-0.4, -0.2) is 33.6 Å². The Balaban J connectivity index is 3.15. The van der Waals surface area contributed by atoms with Gasteiger partial charge in [-0.25, -0.2) is 4.79 Å². The van der Waals surface area contributed by atoms with E-state index >= 15 is 0 Å². The van der Waals surface area contributed by atoms with Crippen molar-refractivity contribution in [2.24, 2.45) is 0 Å². The van der Waals surface area contributed by atoms with Crippen molar-refractivity contribution in [3.63, 3.8) is 0 Å². The van der Waals surface area contributed by atoms with E-state index in [4.69, 9.17) is 5.11 Å². The summed E-state index contributed by atoms with van der Waals surface area (Å²) in [6.07, 6.45) is -5.12. The molecule has 0 radical (unpaired) electrons. The lowest BCUT2D eigenvalue weighted by molar-refractivity contribution is -0.194. The van der Waals surface area contributed by atoms with E-state index in [0.717, 1.165) is 13.8 Å². The van der Waals surface area contributed by atoms with Crippen LogP contribution in [0.15, 0.2) is 30.3 Å². The van der Waals surface area contributed by atoms with Crippen molar-refractivity contribution in [2.75, 3.05) is 0 Å². The fourth-order valence-corrected chi connectivity index (χ4v) is 1.56. The van der Waals surface area contributed by atoms with Crippen LogP contribution in [0.25, 0.3) is 0 Å². The zero-order valence-electron chi connectivity index (χ0n) is 10.9. The van der Waals surface area contributed by atoms with Crippen molar-refractivity contribution in [3.8, 4) is 0 Å². The maximum atomic E-state index is 12.6. The van der Waals surface area contributed by atoms with Gasteiger partial charge in [0.05, 0.1) is 0 Å². The molecule has 0 heterocycles. The quantitative estimate of drug-likeness (QED) is 0.926. The third-order valence-corrected chi connectivity index (χ3v) is 2.87. The van der Waals surface area contributed by atoms with Crippen molar-refractivity contribution in [3.05, 3.63) is 35.9 Å². The number of amides is 1. The van der Waals surface area contributed by atoms with Crippen LogP contribution in [0, 0.1) is 0 Å². The lowest BCUT2D eigenvalue weighted by Crippen LogP contribution is -2.56. The van der Waals surface area contributed by atoms with E-state index in [2.05, 4.69) is 0 Å². The molecule has 0 fully saturated rings. The summed E-state index contributed by atoms with van der Waals surface area (Å²) in [5, 5.41) is 9.04. The summed E-state index contributed by atoms with van der Waals surface area (Å²) >= 11 is 0. The zero-order chi connectivity index (χ0) is 15.6. The molecule has 7 heteroatoms. The summed E-state index contributed by atoms with van der Waals surface area (Å²) in [6, 6.07) is 7.91. The third kappa shape index (κ3) is 3.49. The highest BCUT2D eigenvalue weighted by Gasteiger charge is 2.49. The molecule has 110 valence electrons. The van der Waals surface area contributed by atoms with E-state index < -0.39 is 30.1 Å². The Kier molecular flexibility index (Phi) is 4.42. The number of carboxylic acid groups (broad SMARTS) is 1. The van der Waals surface area contributed by atoms with Crippen molar-refractivity contribution >= 4 is 11.9 Å². The second kappa shape index (κ2) is 5.52. The Labute approximate surface area is 113 Å². The fraction of sp³-hybridized carbons (Fsp3) is 0.385. The summed E-state index contributed by atoms with van der Waals surface area (Å²) in [5.41, 5.74) is -1.55. The number of hydrogen-bond donors (Lipinski definition) is 1. The molecule has 20 heavy (non-hydrogen) atoms. The predicted octanol–water partition coefficient (Wildman–Crippen LogP) is 2.44. The van der Waals surface area contributed by atoms with Gasteiger partial charge in [0, 0.05) is 6.54 Å². The van der Waals surface area contributed by atoms with Gasteiger partial charge < -0.3 is 10.0 Å². The van der Waals surface area contributed by atoms with Crippen LogP contribution in [0.1, 0.15) is 19.4 Å². The molecule has 0 spiro atoms. The molecule has 0 aliphatic carbocycles. The van der Waals surface area contributed by atoms with E-state index in [1.165, 1.54) is 12.1 Å². The molecule has 1 aromatic rings. The van der Waals surface area contributed by atoms with E-state index in [1.807, 2.05) is 0 Å². The van der Waals surface area contributed by atoms with Gasteiger partial charge in [0.15, 0.2) is 0 Å². The normalized spacial score (nSPS) is 12.1. The molecule has 1 amide bonds. The first kappa shape index (κ1) is 16.0. The van der Waals surface area contributed by atoms with Gasteiger partial charge in [0.1, 0.15) is 5.54 Å². The average molecular weight is 289 g/mol. The number of hydrogen-bond acceptors (Lipinski definition) is 2. The van der Waals surface area contributed by atoms with Gasteiger partial charge in [0.25, 0.3) is 0 Å². The Morgan fingerprint density at radius 3 is 2.05 bits per heavy atom. The number of carbonyl (C=O) groups excluding carboxylic acids is 1. The zero-order valence-corrected chi connectivity index (χ0v) is 10.9. The van der Waals surface area contributed by atoms with E-state index in [9.17, 15) is 22.8 Å². The Bertz CT molecular complexity index is 497. The van der Waals surface area contributed by atoms with Crippen molar-refractivity contribution in [1.29, 1.82) is 0 Å². The summed E-state index contributed by atoms with van der Waals surface area (Å²) < 4.78 is 37.8. The molecule has 4 nitrogen and oxygen atoms in total. The number of nitrogens with zero attached hydrogens (tertiary/aromatic N) is 1. The lowest BCUT2D eigenvalue weighted by Gasteiger charge is -2.35. The van der Waals surface area contributed by atoms with Crippen LogP contribution < -0.4 is 0 Å². The minimum Gasteiger partial charge on any atom is -0.480 e. The second-order valence-corrected chi connectivity index (χ2v) is 4.74. The van der Waals surface area contributed by atoms with E-state index in [1.54, 1.807) is 18.2 Å². The molecular weight excluding hydrogens is 275 g/mol. The minimum absolute atomic E-state index is 0.310. The smallest absolute Gasteiger partial charge is 0.471 e. The third-order valence-electron chi connectivity index (χ3n) is 2.87. The number of benzene rings is 1. The van der Waals surface area contributed by atoms with Crippen LogP contribution in [0.4, 0.5) is 13.2 Å². The SMILES string of the molecule is CC(C)(C(=O)O)N(Cc1ccccc1)C(=O)C(F)(F)F. The molecule has 1 N–H and O–H groups in total. The minimum atomic E-state index is -5.12. The van der Waals surface area contributed by atoms with Gasteiger partial charge in [-0.05, 0) is 19.4 Å². The van der Waals surface area contributed by atoms with Crippen molar-refractivity contribution < 1.29 is 27.9 Å². The van der Waals surface area contributed by atoms with Gasteiger partial charge in [-0.3, -0.25) is 4.79 Å². The summed E-state index contributed by atoms with van der Waals surface area (Å²) in [4.78, 5) is 22.9. The van der Waals surface area contributed by atoms with Crippen LogP contribution in [0.2, 0.25) is 0 Å². The molecule has 0 saturated carbocycles. The summed E-state index contributed by atoms with van der Waals surface area (Å²) in [7, 11) is 0. The van der Waals surface area contributed by atoms with E-state index in [-0.39, 0.29) is 0 Å². The molecular formula is C13H14F3NO3. The molecule has 0 atom stereocenters. The van der Waals surface area contributed by atoms with Crippen LogP contribution in [0.3, 0.4) is 0 Å². The number of aliphatic carboxylic acids is 1. The van der Waals surface area contributed by atoms with Crippen molar-refractivity contribution in [1.82, 2.24) is 4.90 Å². The van der Waals surface area contributed by atoms with Gasteiger partial charge in [-0.1, -0.05) is 30.3 Å². The second-order valence-electron chi connectivity index (χ2n) is 4.74. The largest absolute Gasteiger partial charge is 0.480 e. The highest BCUT2D eigenvalue weighted by Crippen LogP contribution is 2.26. The maximum Gasteiger partial charge on any atom is 0.471 e. The Morgan fingerprint density at radius 1 is 1.15 bits per heavy atom. The molecule has 0 aromatic heterocycles. The molecule has 0 aliphatic heterocycles. The topological polar surface area (TPSA) is 57.6 Å². The molecule has 1 aromatic carbocycles. The Morgan fingerprint density at radius 2 is 1.65 bits per heavy atom. The predicted molar refractivity (Wildman–Crippen MR) is 64.8 cm³/mol. The Hall–Kier alpha value is -2.05. The summed E-state index contributed by atoms with van der Waals surface area (Å²) in [5.74, 6) is -3.68. The standard InChI is InChI=1S/C13H14F3NO3/c1-12(2,11(19)20)17(10(18)13(14,15)16)8-9-6-4-3-5-7-9/h3-7H,8H2,1-2H3,(H,19,20). The first-order valence-corrected chi connectivity index (χ1v) is 5.73. The number of alkyl halides is 3. The molecule has 0 saturated heterocycles. The molecule has 0 bridgehead atoms. The molecule has 1 rings (SSSR count). The highest BCUT2D eigenvalue weighted by molar-refractivity contribution is 5.89. The average Bonchev–Trinajstić information content (AvgIpc) is 2.35. The summed E-state index contributed by atoms with van der Waals surface area (Å²) in [6.45, 7) is 1.68. The van der Waals surface area contributed by atoms with Gasteiger partial charge >= 0.3 is 18.1 Å². The number of rotatable bonds is 4.